The van der Waals surface area contributed by atoms with E-state index in [1.165, 1.54) is 22.3 Å². The lowest BCUT2D eigenvalue weighted by atomic mass is 9.76. The minimum Gasteiger partial charge on any atom is -0.436 e. The Morgan fingerprint density at radius 1 is 0.696 bits per heavy atom. The third-order valence-electron chi connectivity index (χ3n) is 9.88. The molecule has 7 rings (SSSR count). The second kappa shape index (κ2) is 12.2. The zero-order chi connectivity index (χ0) is 31.8. The maximum Gasteiger partial charge on any atom is 0.227 e. The molecule has 0 bridgehead atoms. The van der Waals surface area contributed by atoms with Crippen LogP contribution in [-0.2, 0) is 5.41 Å². The van der Waals surface area contributed by atoms with Gasteiger partial charge in [0, 0.05) is 16.5 Å². The SMILES string of the molecule is CCC(C)c1cc2nc(-c3ccc(C4=CCC(C)(c5nc6ccccc6nc5-c5ccccc5)C=C4)cc3)oc2cc1C(C)CC. The summed E-state index contributed by atoms with van der Waals surface area (Å²) in [6, 6.07) is 31.6. The lowest BCUT2D eigenvalue weighted by molar-refractivity contribution is 0.582. The monoisotopic (exact) mass is 603 g/mol. The van der Waals surface area contributed by atoms with E-state index in [0.717, 1.165) is 63.9 Å². The summed E-state index contributed by atoms with van der Waals surface area (Å²) in [4.78, 5) is 15.2. The molecule has 46 heavy (non-hydrogen) atoms. The lowest BCUT2D eigenvalue weighted by Crippen LogP contribution is -2.23. The van der Waals surface area contributed by atoms with Crippen LogP contribution in [0.2, 0.25) is 0 Å². The van der Waals surface area contributed by atoms with Crippen LogP contribution in [0.4, 0.5) is 0 Å². The van der Waals surface area contributed by atoms with Gasteiger partial charge in [0.1, 0.15) is 5.52 Å². The molecule has 1 aliphatic carbocycles. The number of benzene rings is 4. The molecule has 230 valence electrons. The summed E-state index contributed by atoms with van der Waals surface area (Å²) in [7, 11) is 0. The van der Waals surface area contributed by atoms with Crippen LogP contribution in [0.25, 0.3) is 50.4 Å². The highest BCUT2D eigenvalue weighted by Gasteiger charge is 2.31. The number of allylic oxidation sites excluding steroid dienone is 4. The van der Waals surface area contributed by atoms with E-state index >= 15 is 0 Å². The number of nitrogens with zero attached hydrogens (tertiary/aromatic N) is 3. The molecule has 2 heterocycles. The van der Waals surface area contributed by atoms with Crippen molar-refractivity contribution in [3.63, 3.8) is 0 Å². The molecule has 4 aromatic carbocycles. The standard InChI is InChI=1S/C42H41N3O/c1-6-27(3)33-25-37-38(26-34(33)28(4)7-2)46-41(45-37)32-19-17-29(18-20-32)30-21-23-42(5,24-22-30)40-39(31-13-9-8-10-14-31)43-35-15-11-12-16-36(35)44-40/h8-23,25-28H,6-7,24H2,1-5H3. The van der Waals surface area contributed by atoms with Crippen LogP contribution in [0.1, 0.15) is 88.1 Å². The Morgan fingerprint density at radius 3 is 1.98 bits per heavy atom. The Bertz CT molecular complexity index is 2040. The van der Waals surface area contributed by atoms with Gasteiger partial charge < -0.3 is 4.42 Å². The average Bonchev–Trinajstić information content (AvgIpc) is 3.54. The van der Waals surface area contributed by atoms with E-state index in [2.05, 4.69) is 114 Å². The van der Waals surface area contributed by atoms with Crippen molar-refractivity contribution in [1.29, 1.82) is 0 Å². The van der Waals surface area contributed by atoms with Crippen molar-refractivity contribution >= 4 is 27.7 Å². The Morgan fingerprint density at radius 2 is 1.33 bits per heavy atom. The molecule has 1 aliphatic rings. The predicted molar refractivity (Wildman–Crippen MR) is 191 cm³/mol. The van der Waals surface area contributed by atoms with E-state index in [0.29, 0.717) is 17.7 Å². The maximum absolute atomic E-state index is 6.35. The fourth-order valence-electron chi connectivity index (χ4n) is 6.54. The Kier molecular flexibility index (Phi) is 7.90. The molecule has 0 fully saturated rings. The highest BCUT2D eigenvalue weighted by molar-refractivity contribution is 5.82. The second-order valence-electron chi connectivity index (χ2n) is 13.1. The first-order chi connectivity index (χ1) is 22.4. The molecule has 3 unspecified atom stereocenters. The molecule has 2 aromatic heterocycles. The van der Waals surface area contributed by atoms with Crippen LogP contribution in [0.15, 0.2) is 114 Å². The summed E-state index contributed by atoms with van der Waals surface area (Å²) >= 11 is 0. The van der Waals surface area contributed by atoms with E-state index in [1.807, 2.05) is 30.3 Å². The maximum atomic E-state index is 6.35. The van der Waals surface area contributed by atoms with Crippen LogP contribution < -0.4 is 0 Å². The summed E-state index contributed by atoms with van der Waals surface area (Å²) in [6.07, 6.45) is 9.89. The smallest absolute Gasteiger partial charge is 0.227 e. The quantitative estimate of drug-likeness (QED) is 0.174. The van der Waals surface area contributed by atoms with Gasteiger partial charge >= 0.3 is 0 Å². The van der Waals surface area contributed by atoms with E-state index in [1.54, 1.807) is 0 Å². The van der Waals surface area contributed by atoms with Crippen molar-refractivity contribution in [3.05, 3.63) is 132 Å². The van der Waals surface area contributed by atoms with Gasteiger partial charge in [0.15, 0.2) is 5.58 Å². The highest BCUT2D eigenvalue weighted by atomic mass is 16.3. The van der Waals surface area contributed by atoms with Gasteiger partial charge in [-0.1, -0.05) is 107 Å². The average molecular weight is 604 g/mol. The van der Waals surface area contributed by atoms with E-state index in [4.69, 9.17) is 19.4 Å². The van der Waals surface area contributed by atoms with Crippen LogP contribution in [0, 0.1) is 0 Å². The van der Waals surface area contributed by atoms with Crippen molar-refractivity contribution in [2.75, 3.05) is 0 Å². The minimum atomic E-state index is -0.286. The van der Waals surface area contributed by atoms with Gasteiger partial charge in [0.05, 0.1) is 22.4 Å². The first kappa shape index (κ1) is 29.9. The molecular weight excluding hydrogens is 562 g/mol. The van der Waals surface area contributed by atoms with Crippen molar-refractivity contribution in [1.82, 2.24) is 15.0 Å². The second-order valence-corrected chi connectivity index (χ2v) is 13.1. The van der Waals surface area contributed by atoms with Crippen LogP contribution in [-0.4, -0.2) is 15.0 Å². The Hall–Kier alpha value is -4.83. The van der Waals surface area contributed by atoms with E-state index < -0.39 is 0 Å². The van der Waals surface area contributed by atoms with Crippen LogP contribution >= 0.6 is 0 Å². The molecule has 6 aromatic rings. The number of rotatable bonds is 8. The van der Waals surface area contributed by atoms with Gasteiger partial charge in [-0.2, -0.15) is 0 Å². The summed E-state index contributed by atoms with van der Waals surface area (Å²) in [5, 5.41) is 0. The number of aromatic nitrogens is 3. The normalized spacial score (nSPS) is 17.7. The molecule has 0 aliphatic heterocycles. The van der Waals surface area contributed by atoms with Gasteiger partial charge in [0.2, 0.25) is 5.89 Å². The van der Waals surface area contributed by atoms with Crippen molar-refractivity contribution in [2.45, 2.75) is 71.1 Å². The van der Waals surface area contributed by atoms with Crippen LogP contribution in [0.3, 0.4) is 0 Å². The molecular formula is C42H41N3O. The topological polar surface area (TPSA) is 51.8 Å². The third-order valence-corrected chi connectivity index (χ3v) is 9.88. The van der Waals surface area contributed by atoms with Gasteiger partial charge in [-0.15, -0.1) is 0 Å². The largest absolute Gasteiger partial charge is 0.436 e. The Labute approximate surface area is 272 Å². The molecule has 4 nitrogen and oxygen atoms in total. The zero-order valence-electron chi connectivity index (χ0n) is 27.4. The number of para-hydroxylation sites is 2. The van der Waals surface area contributed by atoms with Gasteiger partial charge in [-0.25, -0.2) is 15.0 Å². The fourth-order valence-corrected chi connectivity index (χ4v) is 6.54. The molecule has 0 amide bonds. The zero-order valence-corrected chi connectivity index (χ0v) is 27.4. The van der Waals surface area contributed by atoms with E-state index in [-0.39, 0.29) is 5.41 Å². The number of fused-ring (bicyclic) bond motifs is 2. The first-order valence-electron chi connectivity index (χ1n) is 16.6. The summed E-state index contributed by atoms with van der Waals surface area (Å²) in [5.41, 5.74) is 12.5. The highest BCUT2D eigenvalue weighted by Crippen LogP contribution is 2.40. The summed E-state index contributed by atoms with van der Waals surface area (Å²) in [5.74, 6) is 1.64. The molecule has 0 radical (unpaired) electrons. The summed E-state index contributed by atoms with van der Waals surface area (Å²) < 4.78 is 6.35. The van der Waals surface area contributed by atoms with E-state index in [9.17, 15) is 0 Å². The number of oxazole rings is 1. The molecule has 0 spiro atoms. The lowest BCUT2D eigenvalue weighted by Gasteiger charge is -2.29. The molecule has 0 N–H and O–H groups in total. The van der Waals surface area contributed by atoms with Crippen molar-refractivity contribution < 1.29 is 4.42 Å². The Balaban J connectivity index is 1.17. The summed E-state index contributed by atoms with van der Waals surface area (Å²) in [6.45, 7) is 11.4. The third kappa shape index (κ3) is 5.47. The van der Waals surface area contributed by atoms with Gasteiger partial charge in [0.25, 0.3) is 0 Å². The molecule has 4 heteroatoms. The van der Waals surface area contributed by atoms with Gasteiger partial charge in [-0.05, 0) is 89.8 Å². The molecule has 3 atom stereocenters. The molecule has 0 saturated carbocycles. The number of hydrogen-bond acceptors (Lipinski definition) is 4. The predicted octanol–water partition coefficient (Wildman–Crippen LogP) is 11.4. The van der Waals surface area contributed by atoms with Crippen molar-refractivity contribution in [3.8, 4) is 22.7 Å². The first-order valence-corrected chi connectivity index (χ1v) is 16.6. The fraction of sp³-hybridized carbons (Fsp3) is 0.262. The van der Waals surface area contributed by atoms with Crippen LogP contribution in [0.5, 0.6) is 0 Å². The van der Waals surface area contributed by atoms with Gasteiger partial charge in [-0.3, -0.25) is 0 Å². The number of hydrogen-bond donors (Lipinski definition) is 0. The minimum absolute atomic E-state index is 0.286. The van der Waals surface area contributed by atoms with Crippen molar-refractivity contribution in [2.24, 2.45) is 0 Å². The molecule has 0 saturated heterocycles.